The summed E-state index contributed by atoms with van der Waals surface area (Å²) in [4.78, 5) is 11.9. The normalized spacial score (nSPS) is 43.4. The second kappa shape index (κ2) is 10.4. The van der Waals surface area contributed by atoms with Crippen LogP contribution in [0.4, 0.5) is 0 Å². The van der Waals surface area contributed by atoms with Gasteiger partial charge in [0.25, 0.3) is 0 Å². The second-order valence-corrected chi connectivity index (χ2v) is 7.90. The standard InChI is InChI=1S/C18H32O11/c1-7(2)4-11(21)28-16-10(6-20)27-18(15(25)14(16)24)29-17-9(5-19)26-8(3)12(22)13(17)23/h7-10,12-20,22-25H,4-6H2,1-3H3. The van der Waals surface area contributed by atoms with Gasteiger partial charge in [-0.3, -0.25) is 4.79 Å². The third-order valence-electron chi connectivity index (χ3n) is 5.06. The number of hydrogen-bond donors (Lipinski definition) is 6. The first kappa shape index (κ1) is 24.4. The van der Waals surface area contributed by atoms with E-state index in [1.807, 2.05) is 13.8 Å². The molecule has 2 rings (SSSR count). The molecule has 11 heteroatoms. The molecule has 0 saturated carbocycles. The molecule has 10 atom stereocenters. The molecule has 170 valence electrons. The molecule has 0 spiro atoms. The molecule has 0 aromatic rings. The molecule has 2 heterocycles. The van der Waals surface area contributed by atoms with Gasteiger partial charge in [-0.25, -0.2) is 0 Å². The van der Waals surface area contributed by atoms with Crippen molar-refractivity contribution in [2.75, 3.05) is 13.2 Å². The number of esters is 1. The van der Waals surface area contributed by atoms with Crippen molar-refractivity contribution in [3.8, 4) is 0 Å². The zero-order valence-electron chi connectivity index (χ0n) is 16.7. The van der Waals surface area contributed by atoms with Gasteiger partial charge >= 0.3 is 5.97 Å². The van der Waals surface area contributed by atoms with Gasteiger partial charge < -0.3 is 49.6 Å². The summed E-state index contributed by atoms with van der Waals surface area (Å²) in [5.41, 5.74) is 0. The smallest absolute Gasteiger partial charge is 0.306 e. The van der Waals surface area contributed by atoms with Crippen molar-refractivity contribution in [3.05, 3.63) is 0 Å². The van der Waals surface area contributed by atoms with Gasteiger partial charge in [0.15, 0.2) is 12.4 Å². The molecule has 0 aliphatic carbocycles. The molecule has 0 radical (unpaired) electrons. The molecule has 11 nitrogen and oxygen atoms in total. The molecule has 2 aliphatic heterocycles. The fourth-order valence-electron chi connectivity index (χ4n) is 3.44. The van der Waals surface area contributed by atoms with Gasteiger partial charge in [0.1, 0.15) is 42.7 Å². The quantitative estimate of drug-likeness (QED) is 0.234. The maximum Gasteiger partial charge on any atom is 0.306 e. The fraction of sp³-hybridized carbons (Fsp3) is 0.944. The van der Waals surface area contributed by atoms with E-state index in [1.54, 1.807) is 0 Å². The average Bonchev–Trinajstić information content (AvgIpc) is 2.66. The highest BCUT2D eigenvalue weighted by molar-refractivity contribution is 5.69. The zero-order valence-corrected chi connectivity index (χ0v) is 16.7. The fourth-order valence-corrected chi connectivity index (χ4v) is 3.44. The molecule has 10 unspecified atom stereocenters. The molecule has 0 bridgehead atoms. The Labute approximate surface area is 168 Å². The van der Waals surface area contributed by atoms with Crippen molar-refractivity contribution in [1.29, 1.82) is 0 Å². The van der Waals surface area contributed by atoms with Crippen molar-refractivity contribution in [2.24, 2.45) is 5.92 Å². The maximum absolute atomic E-state index is 11.9. The van der Waals surface area contributed by atoms with Gasteiger partial charge in [-0.2, -0.15) is 0 Å². The highest BCUT2D eigenvalue weighted by Gasteiger charge is 2.51. The molecular weight excluding hydrogens is 392 g/mol. The number of carbonyl (C=O) groups excluding carboxylic acids is 1. The first-order valence-corrected chi connectivity index (χ1v) is 9.70. The number of rotatable bonds is 7. The van der Waals surface area contributed by atoms with Crippen LogP contribution < -0.4 is 0 Å². The summed E-state index contributed by atoms with van der Waals surface area (Å²) in [6.07, 6.45) is -13.2. The lowest BCUT2D eigenvalue weighted by atomic mass is 9.95. The first-order chi connectivity index (χ1) is 13.6. The van der Waals surface area contributed by atoms with Crippen molar-refractivity contribution in [1.82, 2.24) is 0 Å². The van der Waals surface area contributed by atoms with Gasteiger partial charge in [0.2, 0.25) is 0 Å². The van der Waals surface area contributed by atoms with Crippen LogP contribution in [0.15, 0.2) is 0 Å². The van der Waals surface area contributed by atoms with E-state index in [-0.39, 0.29) is 12.3 Å². The van der Waals surface area contributed by atoms with E-state index in [1.165, 1.54) is 6.92 Å². The largest absolute Gasteiger partial charge is 0.457 e. The molecule has 29 heavy (non-hydrogen) atoms. The van der Waals surface area contributed by atoms with Crippen LogP contribution in [0.3, 0.4) is 0 Å². The van der Waals surface area contributed by atoms with Crippen LogP contribution >= 0.6 is 0 Å². The molecule has 0 aromatic heterocycles. The molecule has 2 saturated heterocycles. The first-order valence-electron chi connectivity index (χ1n) is 9.70. The van der Waals surface area contributed by atoms with E-state index in [0.29, 0.717) is 0 Å². The SMILES string of the molecule is CC(C)CC(=O)OC1C(CO)OC(OC2C(CO)OC(C)C(O)C2O)C(O)C1O. The number of aliphatic hydroxyl groups excluding tert-OH is 6. The van der Waals surface area contributed by atoms with E-state index < -0.39 is 80.4 Å². The predicted molar refractivity (Wildman–Crippen MR) is 95.4 cm³/mol. The Morgan fingerprint density at radius 1 is 0.897 bits per heavy atom. The van der Waals surface area contributed by atoms with Crippen LogP contribution in [0.25, 0.3) is 0 Å². The molecule has 0 aromatic carbocycles. The Hall–Kier alpha value is -0.890. The highest BCUT2D eigenvalue weighted by Crippen LogP contribution is 2.30. The molecule has 2 fully saturated rings. The van der Waals surface area contributed by atoms with Crippen molar-refractivity contribution in [2.45, 2.75) is 88.4 Å². The third kappa shape index (κ3) is 5.63. The Balaban J connectivity index is 2.10. The molecule has 2 aliphatic rings. The van der Waals surface area contributed by atoms with Crippen LogP contribution in [-0.2, 0) is 23.7 Å². The lowest BCUT2D eigenvalue weighted by molar-refractivity contribution is -0.342. The van der Waals surface area contributed by atoms with Crippen LogP contribution in [0, 0.1) is 5.92 Å². The minimum atomic E-state index is -1.70. The Kier molecular flexibility index (Phi) is 8.76. The molecule has 0 amide bonds. The van der Waals surface area contributed by atoms with E-state index in [2.05, 4.69) is 0 Å². The summed E-state index contributed by atoms with van der Waals surface area (Å²) in [7, 11) is 0. The average molecular weight is 424 g/mol. The zero-order chi connectivity index (χ0) is 21.9. The van der Waals surface area contributed by atoms with Gasteiger partial charge in [-0.1, -0.05) is 13.8 Å². The lowest BCUT2D eigenvalue weighted by Gasteiger charge is -2.46. The number of aliphatic hydroxyl groups is 6. The van der Waals surface area contributed by atoms with E-state index >= 15 is 0 Å². The number of carbonyl (C=O) groups is 1. The van der Waals surface area contributed by atoms with Crippen molar-refractivity contribution in [3.63, 3.8) is 0 Å². The number of hydrogen-bond acceptors (Lipinski definition) is 11. The molecular formula is C18H32O11. The van der Waals surface area contributed by atoms with Crippen LogP contribution in [0.1, 0.15) is 27.2 Å². The van der Waals surface area contributed by atoms with Gasteiger partial charge in [0.05, 0.1) is 19.3 Å². The van der Waals surface area contributed by atoms with E-state index in [9.17, 15) is 35.4 Å². The van der Waals surface area contributed by atoms with Gasteiger partial charge in [-0.15, -0.1) is 0 Å². The summed E-state index contributed by atoms with van der Waals surface area (Å²) in [6, 6.07) is 0. The minimum Gasteiger partial charge on any atom is -0.457 e. The minimum absolute atomic E-state index is 0.00903. The monoisotopic (exact) mass is 424 g/mol. The lowest BCUT2D eigenvalue weighted by Crippen LogP contribution is -2.64. The Morgan fingerprint density at radius 3 is 2.00 bits per heavy atom. The third-order valence-corrected chi connectivity index (χ3v) is 5.06. The second-order valence-electron chi connectivity index (χ2n) is 7.90. The topological polar surface area (TPSA) is 175 Å². The summed E-state index contributed by atoms with van der Waals surface area (Å²) in [5, 5.41) is 60.2. The Morgan fingerprint density at radius 2 is 1.45 bits per heavy atom. The van der Waals surface area contributed by atoms with Crippen molar-refractivity contribution < 1.29 is 54.4 Å². The Bertz CT molecular complexity index is 526. The van der Waals surface area contributed by atoms with Gasteiger partial charge in [0, 0.05) is 6.42 Å². The molecule has 6 N–H and O–H groups in total. The summed E-state index contributed by atoms with van der Waals surface area (Å²) in [6.45, 7) is 3.95. The van der Waals surface area contributed by atoms with Crippen LogP contribution in [0.5, 0.6) is 0 Å². The number of ether oxygens (including phenoxy) is 4. The van der Waals surface area contributed by atoms with E-state index in [4.69, 9.17) is 18.9 Å². The van der Waals surface area contributed by atoms with Gasteiger partial charge in [-0.05, 0) is 12.8 Å². The van der Waals surface area contributed by atoms with Crippen LogP contribution in [0.2, 0.25) is 0 Å². The van der Waals surface area contributed by atoms with E-state index in [0.717, 1.165) is 0 Å². The summed E-state index contributed by atoms with van der Waals surface area (Å²) < 4.78 is 21.5. The van der Waals surface area contributed by atoms with Crippen molar-refractivity contribution >= 4 is 5.97 Å². The highest BCUT2D eigenvalue weighted by atomic mass is 16.7. The van der Waals surface area contributed by atoms with Crippen LogP contribution in [-0.4, -0.2) is 111 Å². The predicted octanol–water partition coefficient (Wildman–Crippen LogP) is -2.73. The maximum atomic E-state index is 11.9. The summed E-state index contributed by atoms with van der Waals surface area (Å²) >= 11 is 0. The summed E-state index contributed by atoms with van der Waals surface area (Å²) in [5.74, 6) is -0.610.